The van der Waals surface area contributed by atoms with Crippen molar-refractivity contribution in [3.8, 4) is 5.75 Å². The fourth-order valence-corrected chi connectivity index (χ4v) is 21.0. The summed E-state index contributed by atoms with van der Waals surface area (Å²) >= 11 is 64.1. The van der Waals surface area contributed by atoms with Gasteiger partial charge < -0.3 is 29.4 Å². The van der Waals surface area contributed by atoms with Crippen molar-refractivity contribution < 1.29 is 34.0 Å². The maximum atomic E-state index is 13.0. The summed E-state index contributed by atoms with van der Waals surface area (Å²) in [6.07, 6.45) is 31.2. The quantitative estimate of drug-likeness (QED) is 0.0686. The van der Waals surface area contributed by atoms with Crippen molar-refractivity contribution in [1.82, 2.24) is 9.97 Å². The third kappa shape index (κ3) is 17.1. The number of H-pyrrole nitrogens is 1. The van der Waals surface area contributed by atoms with Gasteiger partial charge in [0.25, 0.3) is 0 Å². The van der Waals surface area contributed by atoms with E-state index in [0.717, 1.165) is 115 Å². The first-order chi connectivity index (χ1) is 41.8. The van der Waals surface area contributed by atoms with Gasteiger partial charge in [-0.2, -0.15) is 0 Å². The van der Waals surface area contributed by atoms with Crippen LogP contribution in [-0.2, 0) is 30.3 Å². The van der Waals surface area contributed by atoms with Crippen LogP contribution < -0.4 is 10.2 Å². The van der Waals surface area contributed by atoms with Gasteiger partial charge in [0.15, 0.2) is 5.75 Å². The highest BCUT2D eigenvalue weighted by Crippen LogP contribution is 2.65. The molecule has 8 aliphatic carbocycles. The number of aromatic nitrogens is 2. The summed E-state index contributed by atoms with van der Waals surface area (Å²) in [4.78, 5) is 42.2. The zero-order valence-electron chi connectivity index (χ0n) is 52.8. The van der Waals surface area contributed by atoms with E-state index in [1.807, 2.05) is 0 Å². The minimum atomic E-state index is -2.02. The van der Waals surface area contributed by atoms with Gasteiger partial charge in [0.2, 0.25) is 13.0 Å². The highest BCUT2D eigenvalue weighted by Gasteiger charge is 2.57. The molecular weight excluding hydrogens is 1360 g/mol. The second-order valence-electron chi connectivity index (χ2n) is 28.9. The number of pyridine rings is 2. The maximum Gasteiger partial charge on any atom is 0.514 e. The molecule has 10 nitrogen and oxygen atoms in total. The molecule has 89 heavy (non-hydrogen) atoms. The van der Waals surface area contributed by atoms with Crippen LogP contribution in [0.1, 0.15) is 219 Å². The van der Waals surface area contributed by atoms with E-state index in [1.54, 1.807) is 5.57 Å². The van der Waals surface area contributed by atoms with Crippen molar-refractivity contribution in [2.75, 3.05) is 0 Å². The zero-order valence-corrected chi connectivity index (χ0v) is 61.1. The number of aliphatic hydroxyl groups is 2. The number of carbonyl (C=O) groups is 2. The number of allylic oxidation sites excluding steroid dienone is 2. The van der Waals surface area contributed by atoms with E-state index in [0.29, 0.717) is 17.8 Å². The largest absolute Gasteiger partial charge is 0.514 e. The molecule has 21 heteroatoms. The molecule has 0 amide bonds. The minimum absolute atomic E-state index is 0.00948. The standard InChI is InChI=1S/C34H46Cl5NO4.C27H43ClO2.C7H4Cl5NO2/c1-18(2)6-5-7-19(3)22-10-11-24-23(22)12-13-26-25(24)9-8-20-16-21(14-15-33(20,26)4)43-32(42)44-30-28(35)27(17-41)40-31(29(30)36)34(37,38)39;1-17(2)6-5-7-18(3)21-10-11-23-22(21)12-13-25-24(23)9-8-19-16-20(30-26(28)29)14-15-27(19,25)4;8-3-2(1-14)13-6(7(10,11)12)4(9)5(3)15/h8,18-19,21-26,41H,5-7,9-17H2,1-4H3;8,17-18,20-25H,5-7,9-16H2,1-4H3;14H,1H2,(H,13,15). The fraction of sp³-hybridized carbons (Fsp3) is 0.765. The van der Waals surface area contributed by atoms with Crippen molar-refractivity contribution in [1.29, 1.82) is 0 Å². The number of aliphatic hydroxyl groups excluding tert-OH is 2. The van der Waals surface area contributed by atoms with Crippen LogP contribution in [-0.4, -0.2) is 44.0 Å². The lowest BCUT2D eigenvalue weighted by molar-refractivity contribution is -0.0232. The molecule has 8 aliphatic rings. The monoisotopic (exact) mass is 1450 g/mol. The topological polar surface area (TPSA) is 148 Å². The summed E-state index contributed by atoms with van der Waals surface area (Å²) < 4.78 is 12.7. The van der Waals surface area contributed by atoms with Gasteiger partial charge in [-0.05, 0) is 184 Å². The fourth-order valence-electron chi connectivity index (χ4n) is 18.6. The van der Waals surface area contributed by atoms with Crippen molar-refractivity contribution in [2.45, 2.75) is 230 Å². The third-order valence-electron chi connectivity index (χ3n) is 23.0. The highest BCUT2D eigenvalue weighted by atomic mass is 35.6. The van der Waals surface area contributed by atoms with E-state index >= 15 is 0 Å². The Bertz CT molecular complexity index is 2930. The summed E-state index contributed by atoms with van der Waals surface area (Å²) in [7, 11) is 0. The van der Waals surface area contributed by atoms with Crippen molar-refractivity contribution in [3.63, 3.8) is 0 Å². The summed E-state index contributed by atoms with van der Waals surface area (Å²) in [5.41, 5.74) is 1.82. The molecule has 0 saturated heterocycles. The summed E-state index contributed by atoms with van der Waals surface area (Å²) in [6.45, 7) is 18.4. The number of nitrogens with one attached hydrogen (secondary N) is 1. The molecule has 16 unspecified atom stereocenters. The van der Waals surface area contributed by atoms with E-state index in [9.17, 15) is 19.5 Å². The Labute approximate surface area is 583 Å². The Morgan fingerprint density at radius 2 is 1.08 bits per heavy atom. The lowest BCUT2D eigenvalue weighted by Gasteiger charge is -2.55. The van der Waals surface area contributed by atoms with Gasteiger partial charge in [-0.15, -0.1) is 0 Å². The molecule has 0 aliphatic heterocycles. The predicted molar refractivity (Wildman–Crippen MR) is 366 cm³/mol. The van der Waals surface area contributed by atoms with Gasteiger partial charge in [-0.25, -0.2) is 14.6 Å². The molecule has 3 N–H and O–H groups in total. The Morgan fingerprint density at radius 1 is 0.607 bits per heavy atom. The van der Waals surface area contributed by atoms with Crippen molar-refractivity contribution in [3.05, 3.63) is 76.4 Å². The van der Waals surface area contributed by atoms with Crippen molar-refractivity contribution in [2.24, 2.45) is 93.7 Å². The van der Waals surface area contributed by atoms with Crippen LogP contribution in [0.25, 0.3) is 0 Å². The van der Waals surface area contributed by atoms with Crippen LogP contribution in [0.2, 0.25) is 20.1 Å². The van der Waals surface area contributed by atoms with E-state index in [4.69, 9.17) is 147 Å². The van der Waals surface area contributed by atoms with Crippen LogP contribution in [0.3, 0.4) is 0 Å². The van der Waals surface area contributed by atoms with Crippen LogP contribution in [0.5, 0.6) is 5.75 Å². The van der Waals surface area contributed by atoms with Gasteiger partial charge in [0, 0.05) is 24.4 Å². The third-order valence-corrected chi connectivity index (χ3v) is 25.7. The van der Waals surface area contributed by atoms with E-state index < -0.39 is 37.8 Å². The Morgan fingerprint density at radius 3 is 1.51 bits per heavy atom. The first kappa shape index (κ1) is 74.2. The average molecular weight is 1460 g/mol. The number of nitrogens with zero attached hydrogens (tertiary/aromatic N) is 1. The molecule has 2 aromatic rings. The summed E-state index contributed by atoms with van der Waals surface area (Å²) in [6, 6.07) is 0. The van der Waals surface area contributed by atoms with E-state index in [2.05, 4.69) is 77.5 Å². The second kappa shape index (κ2) is 31.3. The first-order valence-electron chi connectivity index (χ1n) is 32.8. The Kier molecular flexibility index (Phi) is 26.1. The number of alkyl halides is 6. The Hall–Kier alpha value is -0.570. The molecule has 0 radical (unpaired) electrons. The Balaban J connectivity index is 0.000000195. The molecule has 0 bridgehead atoms. The lowest BCUT2D eigenvalue weighted by atomic mass is 9.50. The smallest absolute Gasteiger partial charge is 0.450 e. The molecule has 500 valence electrons. The lowest BCUT2D eigenvalue weighted by Crippen LogP contribution is -2.48. The number of halogens is 11. The molecule has 2 aromatic heterocycles. The van der Waals surface area contributed by atoms with Gasteiger partial charge in [-0.1, -0.05) is 233 Å². The van der Waals surface area contributed by atoms with Gasteiger partial charge in [-0.3, -0.25) is 4.79 Å². The number of rotatable bonds is 15. The van der Waals surface area contributed by atoms with Gasteiger partial charge in [0.05, 0.1) is 30.3 Å². The van der Waals surface area contributed by atoms with Crippen LogP contribution >= 0.6 is 128 Å². The average Bonchev–Trinajstić information content (AvgIpc) is 1.74. The second-order valence-corrected chi connectivity index (χ2v) is 35.3. The maximum absolute atomic E-state index is 13.0. The molecule has 6 saturated carbocycles. The molecule has 0 aromatic carbocycles. The van der Waals surface area contributed by atoms with E-state index in [1.165, 1.54) is 102 Å². The van der Waals surface area contributed by atoms with Crippen LogP contribution in [0.4, 0.5) is 9.59 Å². The minimum Gasteiger partial charge on any atom is -0.450 e. The summed E-state index contributed by atoms with van der Waals surface area (Å²) in [5.74, 6) is 11.8. The molecule has 6 fully saturated rings. The first-order valence-corrected chi connectivity index (χ1v) is 37.0. The van der Waals surface area contributed by atoms with E-state index in [-0.39, 0.29) is 66.2 Å². The van der Waals surface area contributed by atoms with Crippen LogP contribution in [0, 0.1) is 93.7 Å². The molecule has 16 atom stereocenters. The predicted octanol–water partition coefficient (Wildman–Crippen LogP) is 22.6. The molecule has 2 heterocycles. The zero-order chi connectivity index (χ0) is 65.2. The number of hydrogen-bond donors (Lipinski definition) is 3. The number of fused-ring (bicyclic) bond motifs is 10. The number of hydrogen-bond acceptors (Lipinski definition) is 9. The van der Waals surface area contributed by atoms with Gasteiger partial charge >= 0.3 is 11.6 Å². The molecule has 10 rings (SSSR count). The SMILES string of the molecule is CC(C)CCCC(C)C1CCC2C1CCC1C2CC=C2CC(OC(=O)Cl)CCC21C.CC(C)CCCC(C)C1CCC2C1CCC1C2CC=C2CC(OC(=O)Oc3c(Cl)c(CO)nc(C(Cl)(Cl)Cl)c3Cl)CCC21C.O=c1c(Cl)c(CO)[nH]c(C(Cl)(Cl)Cl)c1Cl. The van der Waals surface area contributed by atoms with Gasteiger partial charge in [0.1, 0.15) is 38.0 Å². The normalized spacial score (nSPS) is 32.0. The molecular formula is C68H93Cl11N2O8. The number of carbonyl (C=O) groups excluding carboxylic acids is 2. The molecule has 0 spiro atoms. The summed E-state index contributed by atoms with van der Waals surface area (Å²) in [5, 5.41) is 17.7. The number of ether oxygens (including phenoxy) is 3. The number of aromatic amines is 1. The van der Waals surface area contributed by atoms with Crippen molar-refractivity contribution >= 4 is 139 Å². The van der Waals surface area contributed by atoms with Crippen LogP contribution in [0.15, 0.2) is 28.1 Å². The highest BCUT2D eigenvalue weighted by molar-refractivity contribution is 6.67.